The maximum absolute atomic E-state index is 12.5. The number of nitrogens with zero attached hydrogens (tertiary/aromatic N) is 1. The standard InChI is InChI=1S/C25H24N2O3S/c1-30-22-14-12-21(13-15-22)27-24(29)17-31-25(27)19-8-10-20(11-9-19)26-23(28)16-7-18-5-3-2-4-6-18/h2-6,8-15,25H,7,16-17H2,1H3,(H,26,28). The maximum atomic E-state index is 12.5. The van der Waals surface area contributed by atoms with E-state index >= 15 is 0 Å². The summed E-state index contributed by atoms with van der Waals surface area (Å²) < 4.78 is 5.21. The second kappa shape index (κ2) is 9.71. The number of benzene rings is 3. The van der Waals surface area contributed by atoms with Crippen LogP contribution in [0.2, 0.25) is 0 Å². The summed E-state index contributed by atoms with van der Waals surface area (Å²) in [6.45, 7) is 0. The van der Waals surface area contributed by atoms with Gasteiger partial charge in [0.05, 0.1) is 12.9 Å². The molecule has 0 aromatic heterocycles. The first-order valence-electron chi connectivity index (χ1n) is 10.2. The number of ether oxygens (including phenoxy) is 1. The number of amides is 2. The topological polar surface area (TPSA) is 58.6 Å². The molecule has 1 aliphatic rings. The van der Waals surface area contributed by atoms with Gasteiger partial charge < -0.3 is 10.1 Å². The van der Waals surface area contributed by atoms with E-state index in [0.717, 1.165) is 28.3 Å². The van der Waals surface area contributed by atoms with Crippen LogP contribution in [0.25, 0.3) is 0 Å². The highest BCUT2D eigenvalue weighted by atomic mass is 32.2. The van der Waals surface area contributed by atoms with E-state index < -0.39 is 0 Å². The fraction of sp³-hybridized carbons (Fsp3) is 0.200. The third-order valence-corrected chi connectivity index (χ3v) is 6.39. The normalized spacial score (nSPS) is 15.7. The van der Waals surface area contributed by atoms with E-state index in [9.17, 15) is 9.59 Å². The number of anilines is 2. The summed E-state index contributed by atoms with van der Waals surface area (Å²) >= 11 is 1.60. The van der Waals surface area contributed by atoms with Crippen LogP contribution < -0.4 is 15.0 Å². The Labute approximate surface area is 186 Å². The lowest BCUT2D eigenvalue weighted by Gasteiger charge is -2.24. The van der Waals surface area contributed by atoms with Crippen molar-refractivity contribution in [3.8, 4) is 5.75 Å². The molecule has 1 unspecified atom stereocenters. The molecule has 0 aliphatic carbocycles. The Hall–Kier alpha value is -3.25. The Morgan fingerprint density at radius 3 is 2.42 bits per heavy atom. The zero-order valence-corrected chi connectivity index (χ0v) is 18.1. The van der Waals surface area contributed by atoms with E-state index in [1.165, 1.54) is 0 Å². The first-order chi connectivity index (χ1) is 15.1. The van der Waals surface area contributed by atoms with Crippen LogP contribution in [-0.2, 0) is 16.0 Å². The lowest BCUT2D eigenvalue weighted by Crippen LogP contribution is -2.27. The summed E-state index contributed by atoms with van der Waals surface area (Å²) in [6, 6.07) is 25.2. The molecule has 1 N–H and O–H groups in total. The minimum atomic E-state index is -0.0938. The lowest BCUT2D eigenvalue weighted by atomic mass is 10.1. The van der Waals surface area contributed by atoms with E-state index in [2.05, 4.69) is 5.32 Å². The number of methoxy groups -OCH3 is 1. The molecule has 0 bridgehead atoms. The van der Waals surface area contributed by atoms with Gasteiger partial charge in [0.2, 0.25) is 11.8 Å². The van der Waals surface area contributed by atoms with Gasteiger partial charge in [-0.1, -0.05) is 42.5 Å². The van der Waals surface area contributed by atoms with Crippen LogP contribution in [0.3, 0.4) is 0 Å². The molecule has 31 heavy (non-hydrogen) atoms. The fourth-order valence-corrected chi connectivity index (χ4v) is 4.73. The average molecular weight is 433 g/mol. The molecule has 0 spiro atoms. The quantitative estimate of drug-likeness (QED) is 0.568. The predicted molar refractivity (Wildman–Crippen MR) is 126 cm³/mol. The minimum absolute atomic E-state index is 0.0121. The van der Waals surface area contributed by atoms with Crippen molar-refractivity contribution in [3.05, 3.63) is 90.0 Å². The average Bonchev–Trinajstić information content (AvgIpc) is 3.20. The molecule has 6 heteroatoms. The van der Waals surface area contributed by atoms with E-state index in [-0.39, 0.29) is 17.2 Å². The van der Waals surface area contributed by atoms with E-state index in [1.54, 1.807) is 18.9 Å². The molecule has 1 atom stereocenters. The van der Waals surface area contributed by atoms with Gasteiger partial charge in [-0.15, -0.1) is 11.8 Å². The first kappa shape index (κ1) is 21.0. The van der Waals surface area contributed by atoms with Gasteiger partial charge in [0.15, 0.2) is 0 Å². The summed E-state index contributed by atoms with van der Waals surface area (Å²) in [5.74, 6) is 1.27. The molecule has 3 aromatic rings. The molecule has 1 aliphatic heterocycles. The second-order valence-electron chi connectivity index (χ2n) is 7.28. The van der Waals surface area contributed by atoms with Crippen LogP contribution in [0.1, 0.15) is 22.9 Å². The number of rotatable bonds is 7. The second-order valence-corrected chi connectivity index (χ2v) is 8.35. The van der Waals surface area contributed by atoms with Crippen molar-refractivity contribution in [2.24, 2.45) is 0 Å². The molecular weight excluding hydrogens is 408 g/mol. The van der Waals surface area contributed by atoms with Gasteiger partial charge in [-0.25, -0.2) is 0 Å². The van der Waals surface area contributed by atoms with Gasteiger partial charge in [-0.2, -0.15) is 0 Å². The highest BCUT2D eigenvalue weighted by Gasteiger charge is 2.34. The Kier molecular flexibility index (Phi) is 6.57. The highest BCUT2D eigenvalue weighted by Crippen LogP contribution is 2.42. The number of carbonyl (C=O) groups excluding carboxylic acids is 2. The van der Waals surface area contributed by atoms with Crippen molar-refractivity contribution >= 4 is 35.0 Å². The van der Waals surface area contributed by atoms with Crippen molar-refractivity contribution in [1.29, 1.82) is 0 Å². The van der Waals surface area contributed by atoms with Crippen LogP contribution in [-0.4, -0.2) is 24.7 Å². The van der Waals surface area contributed by atoms with E-state index in [0.29, 0.717) is 18.6 Å². The van der Waals surface area contributed by atoms with Gasteiger partial charge in [-0.3, -0.25) is 14.5 Å². The van der Waals surface area contributed by atoms with E-state index in [1.807, 2.05) is 83.8 Å². The zero-order chi connectivity index (χ0) is 21.6. The Balaban J connectivity index is 1.40. The summed E-state index contributed by atoms with van der Waals surface area (Å²) in [5.41, 5.74) is 3.77. The molecule has 1 heterocycles. The zero-order valence-electron chi connectivity index (χ0n) is 17.3. The number of hydrogen-bond acceptors (Lipinski definition) is 4. The Morgan fingerprint density at radius 1 is 1.03 bits per heavy atom. The molecule has 3 aromatic carbocycles. The summed E-state index contributed by atoms with van der Waals surface area (Å²) in [4.78, 5) is 26.6. The maximum Gasteiger partial charge on any atom is 0.238 e. The molecule has 1 saturated heterocycles. The number of aryl methyl sites for hydroxylation is 1. The Morgan fingerprint density at radius 2 is 1.74 bits per heavy atom. The molecule has 1 fully saturated rings. The van der Waals surface area contributed by atoms with Gasteiger partial charge in [0.1, 0.15) is 11.1 Å². The van der Waals surface area contributed by atoms with E-state index in [4.69, 9.17) is 4.74 Å². The van der Waals surface area contributed by atoms with Gasteiger partial charge in [-0.05, 0) is 53.9 Å². The van der Waals surface area contributed by atoms with Crippen LogP contribution >= 0.6 is 11.8 Å². The Bertz CT molecular complexity index is 1040. The molecular formula is C25H24N2O3S. The number of thioether (sulfide) groups is 1. The van der Waals surface area contributed by atoms with Crippen LogP contribution in [0.5, 0.6) is 5.75 Å². The SMILES string of the molecule is COc1ccc(N2C(=O)CSC2c2ccc(NC(=O)CCc3ccccc3)cc2)cc1. The number of carbonyl (C=O) groups is 2. The molecule has 5 nitrogen and oxygen atoms in total. The summed E-state index contributed by atoms with van der Waals surface area (Å²) in [6.07, 6.45) is 1.15. The van der Waals surface area contributed by atoms with Gasteiger partial charge in [0, 0.05) is 17.8 Å². The van der Waals surface area contributed by atoms with Gasteiger partial charge in [0.25, 0.3) is 0 Å². The minimum Gasteiger partial charge on any atom is -0.497 e. The van der Waals surface area contributed by atoms with Gasteiger partial charge >= 0.3 is 0 Å². The molecule has 2 amide bonds. The summed E-state index contributed by atoms with van der Waals surface area (Å²) in [5, 5.41) is 2.86. The third kappa shape index (κ3) is 5.09. The fourth-order valence-electron chi connectivity index (χ4n) is 3.55. The molecule has 0 radical (unpaired) electrons. The molecule has 158 valence electrons. The number of hydrogen-bond donors (Lipinski definition) is 1. The first-order valence-corrected chi connectivity index (χ1v) is 11.2. The number of nitrogens with one attached hydrogen (secondary N) is 1. The largest absolute Gasteiger partial charge is 0.497 e. The highest BCUT2D eigenvalue weighted by molar-refractivity contribution is 8.00. The van der Waals surface area contributed by atoms with Crippen molar-refractivity contribution in [3.63, 3.8) is 0 Å². The summed E-state index contributed by atoms with van der Waals surface area (Å²) in [7, 11) is 1.62. The monoisotopic (exact) mass is 432 g/mol. The molecule has 0 saturated carbocycles. The van der Waals surface area contributed by atoms with Crippen LogP contribution in [0.4, 0.5) is 11.4 Å². The predicted octanol–water partition coefficient (Wildman–Crippen LogP) is 5.05. The lowest BCUT2D eigenvalue weighted by molar-refractivity contribution is -0.116. The van der Waals surface area contributed by atoms with Crippen molar-refractivity contribution in [1.82, 2.24) is 0 Å². The van der Waals surface area contributed by atoms with Crippen molar-refractivity contribution < 1.29 is 14.3 Å². The smallest absolute Gasteiger partial charge is 0.238 e. The van der Waals surface area contributed by atoms with Crippen LogP contribution in [0.15, 0.2) is 78.9 Å². The van der Waals surface area contributed by atoms with Crippen LogP contribution in [0, 0.1) is 0 Å². The third-order valence-electron chi connectivity index (χ3n) is 5.18. The van der Waals surface area contributed by atoms with Crippen molar-refractivity contribution in [2.75, 3.05) is 23.1 Å². The van der Waals surface area contributed by atoms with Crippen molar-refractivity contribution in [2.45, 2.75) is 18.2 Å². The molecule has 4 rings (SSSR count).